The highest BCUT2D eigenvalue weighted by Crippen LogP contribution is 2.22. The Hall–Kier alpha value is -1.94. The number of H-pyrrole nitrogens is 1. The number of rotatable bonds is 5. The van der Waals surface area contributed by atoms with Gasteiger partial charge < -0.3 is 9.88 Å². The van der Waals surface area contributed by atoms with Crippen molar-refractivity contribution in [1.29, 1.82) is 0 Å². The van der Waals surface area contributed by atoms with Gasteiger partial charge in [-0.2, -0.15) is 0 Å². The summed E-state index contributed by atoms with van der Waals surface area (Å²) in [6, 6.07) is 12.7. The molecule has 102 valence electrons. The van der Waals surface area contributed by atoms with E-state index in [0.29, 0.717) is 0 Å². The normalized spacial score (nSPS) is 10.8. The number of fused-ring (bicyclic) bond motifs is 1. The van der Waals surface area contributed by atoms with Crippen LogP contribution in [0, 0.1) is 0 Å². The van der Waals surface area contributed by atoms with Crippen LogP contribution in [-0.4, -0.2) is 29.3 Å². The van der Waals surface area contributed by atoms with Gasteiger partial charge in [-0.05, 0) is 36.4 Å². The average molecular weight is 283 g/mol. The fraction of sp³-hybridized carbons (Fsp3) is 0.188. The van der Waals surface area contributed by atoms with Crippen LogP contribution in [0.25, 0.3) is 10.9 Å². The summed E-state index contributed by atoms with van der Waals surface area (Å²) in [6.45, 7) is 1.02. The molecule has 2 aromatic heterocycles. The van der Waals surface area contributed by atoms with Crippen LogP contribution in [0.3, 0.4) is 0 Å². The van der Waals surface area contributed by atoms with Crippen molar-refractivity contribution in [2.45, 2.75) is 4.90 Å². The Labute approximate surface area is 123 Å². The van der Waals surface area contributed by atoms with Gasteiger partial charge in [-0.1, -0.05) is 0 Å². The van der Waals surface area contributed by atoms with Crippen molar-refractivity contribution in [3.05, 3.63) is 55.0 Å². The lowest BCUT2D eigenvalue weighted by atomic mass is 10.2. The van der Waals surface area contributed by atoms with Crippen LogP contribution in [-0.2, 0) is 0 Å². The van der Waals surface area contributed by atoms with Crippen LogP contribution < -0.4 is 4.90 Å². The summed E-state index contributed by atoms with van der Waals surface area (Å²) in [4.78, 5) is 10.8. The lowest BCUT2D eigenvalue weighted by molar-refractivity contribution is 0.978. The van der Waals surface area contributed by atoms with Gasteiger partial charge in [-0.25, -0.2) is 0 Å². The summed E-state index contributed by atoms with van der Waals surface area (Å²) >= 11 is 1.86. The number of nitrogens with zero attached hydrogens (tertiary/aromatic N) is 2. The van der Waals surface area contributed by atoms with Gasteiger partial charge in [-0.3, -0.25) is 4.98 Å². The average Bonchev–Trinajstić information content (AvgIpc) is 2.95. The molecule has 0 fully saturated rings. The summed E-state index contributed by atoms with van der Waals surface area (Å²) in [6.07, 6.45) is 5.66. The smallest absolute Gasteiger partial charge is 0.0455 e. The molecule has 3 aromatic rings. The van der Waals surface area contributed by atoms with Gasteiger partial charge in [0.25, 0.3) is 0 Å². The Morgan fingerprint density at radius 3 is 2.85 bits per heavy atom. The number of hydrogen-bond donors (Lipinski definition) is 1. The van der Waals surface area contributed by atoms with Crippen molar-refractivity contribution in [3.8, 4) is 0 Å². The lowest BCUT2D eigenvalue weighted by Crippen LogP contribution is -2.20. The van der Waals surface area contributed by atoms with E-state index in [0.717, 1.165) is 12.3 Å². The number of benzene rings is 1. The van der Waals surface area contributed by atoms with Crippen molar-refractivity contribution in [3.63, 3.8) is 0 Å². The maximum absolute atomic E-state index is 4.03. The van der Waals surface area contributed by atoms with Crippen molar-refractivity contribution < 1.29 is 0 Å². The molecule has 1 aromatic carbocycles. The Bertz CT molecular complexity index is 678. The largest absolute Gasteiger partial charge is 0.374 e. The standard InChI is InChI=1S/C16H17N3S/c1-19(10-11-20-15-5-7-17-8-6-15)14-2-3-16-13(12-14)4-9-18-16/h2-9,12,18H,10-11H2,1H3. The van der Waals surface area contributed by atoms with Crippen LogP contribution in [0.4, 0.5) is 5.69 Å². The molecule has 0 aliphatic heterocycles. The van der Waals surface area contributed by atoms with Crippen LogP contribution in [0.5, 0.6) is 0 Å². The first-order valence-corrected chi connectivity index (χ1v) is 7.62. The molecule has 0 unspecified atom stereocenters. The van der Waals surface area contributed by atoms with Crippen LogP contribution in [0.2, 0.25) is 0 Å². The number of nitrogens with one attached hydrogen (secondary N) is 1. The maximum atomic E-state index is 4.03. The Balaban J connectivity index is 1.59. The third kappa shape index (κ3) is 2.96. The molecule has 0 bridgehead atoms. The number of hydrogen-bond acceptors (Lipinski definition) is 3. The second-order valence-electron chi connectivity index (χ2n) is 4.70. The highest BCUT2D eigenvalue weighted by Gasteiger charge is 2.03. The Kier molecular flexibility index (Phi) is 3.92. The van der Waals surface area contributed by atoms with Gasteiger partial charge in [0.1, 0.15) is 0 Å². The highest BCUT2D eigenvalue weighted by molar-refractivity contribution is 7.99. The number of aromatic amines is 1. The van der Waals surface area contributed by atoms with Gasteiger partial charge in [0, 0.05) is 59.4 Å². The minimum atomic E-state index is 1.02. The number of anilines is 1. The van der Waals surface area contributed by atoms with Crippen LogP contribution >= 0.6 is 11.8 Å². The van der Waals surface area contributed by atoms with E-state index in [2.05, 4.69) is 58.3 Å². The maximum Gasteiger partial charge on any atom is 0.0455 e. The molecule has 0 saturated heterocycles. The molecule has 4 heteroatoms. The minimum Gasteiger partial charge on any atom is -0.374 e. The van der Waals surface area contributed by atoms with E-state index in [1.54, 1.807) is 0 Å². The molecule has 3 nitrogen and oxygen atoms in total. The topological polar surface area (TPSA) is 31.9 Å². The second kappa shape index (κ2) is 6.01. The molecule has 0 atom stereocenters. The molecule has 0 saturated carbocycles. The molecular weight excluding hydrogens is 266 g/mol. The first kappa shape index (κ1) is 13.1. The summed E-state index contributed by atoms with van der Waals surface area (Å²) in [5.74, 6) is 1.06. The van der Waals surface area contributed by atoms with Gasteiger partial charge in [0.15, 0.2) is 0 Å². The third-order valence-corrected chi connectivity index (χ3v) is 4.32. The van der Waals surface area contributed by atoms with Crippen molar-refractivity contribution in [1.82, 2.24) is 9.97 Å². The quantitative estimate of drug-likeness (QED) is 0.723. The Morgan fingerprint density at radius 2 is 2.00 bits per heavy atom. The van der Waals surface area contributed by atoms with Crippen molar-refractivity contribution >= 4 is 28.4 Å². The Morgan fingerprint density at radius 1 is 1.15 bits per heavy atom. The van der Waals surface area contributed by atoms with Crippen LogP contribution in [0.15, 0.2) is 59.9 Å². The number of thioether (sulfide) groups is 1. The van der Waals surface area contributed by atoms with Gasteiger partial charge in [0.2, 0.25) is 0 Å². The molecule has 0 amide bonds. The van der Waals surface area contributed by atoms with E-state index < -0.39 is 0 Å². The van der Waals surface area contributed by atoms with Crippen molar-refractivity contribution in [2.75, 3.05) is 24.2 Å². The minimum absolute atomic E-state index is 1.02. The molecular formula is C16H17N3S. The van der Waals surface area contributed by atoms with Crippen molar-refractivity contribution in [2.24, 2.45) is 0 Å². The number of aromatic nitrogens is 2. The zero-order valence-electron chi connectivity index (χ0n) is 11.4. The zero-order valence-corrected chi connectivity index (χ0v) is 12.2. The van der Waals surface area contributed by atoms with E-state index in [1.807, 2.05) is 30.4 Å². The predicted molar refractivity (Wildman–Crippen MR) is 86.5 cm³/mol. The van der Waals surface area contributed by atoms with E-state index in [4.69, 9.17) is 0 Å². The highest BCUT2D eigenvalue weighted by atomic mass is 32.2. The predicted octanol–water partition coefficient (Wildman–Crippen LogP) is 3.79. The van der Waals surface area contributed by atoms with Gasteiger partial charge in [0.05, 0.1) is 0 Å². The number of pyridine rings is 1. The summed E-state index contributed by atoms with van der Waals surface area (Å²) < 4.78 is 0. The first-order valence-electron chi connectivity index (χ1n) is 6.64. The molecule has 20 heavy (non-hydrogen) atoms. The summed E-state index contributed by atoms with van der Waals surface area (Å²) in [7, 11) is 2.14. The monoisotopic (exact) mass is 283 g/mol. The van der Waals surface area contributed by atoms with Crippen LogP contribution in [0.1, 0.15) is 0 Å². The van der Waals surface area contributed by atoms with E-state index in [1.165, 1.54) is 21.5 Å². The molecule has 3 rings (SSSR count). The fourth-order valence-electron chi connectivity index (χ4n) is 2.14. The van der Waals surface area contributed by atoms with Gasteiger partial charge >= 0.3 is 0 Å². The molecule has 0 aliphatic rings. The first-order chi connectivity index (χ1) is 9.83. The molecule has 0 aliphatic carbocycles. The summed E-state index contributed by atoms with van der Waals surface area (Å²) in [5.41, 5.74) is 2.45. The van der Waals surface area contributed by atoms with E-state index in [-0.39, 0.29) is 0 Å². The second-order valence-corrected chi connectivity index (χ2v) is 5.87. The SMILES string of the molecule is CN(CCSc1ccncc1)c1ccc2[nH]ccc2c1. The summed E-state index contributed by atoms with van der Waals surface area (Å²) in [5, 5.41) is 1.26. The zero-order chi connectivity index (χ0) is 13.8. The third-order valence-electron chi connectivity index (χ3n) is 3.32. The molecule has 2 heterocycles. The molecule has 0 radical (unpaired) electrons. The molecule has 0 spiro atoms. The van der Waals surface area contributed by atoms with Gasteiger partial charge in [-0.15, -0.1) is 11.8 Å². The molecule has 1 N–H and O–H groups in total. The fourth-order valence-corrected chi connectivity index (χ4v) is 3.06. The van der Waals surface area contributed by atoms with E-state index in [9.17, 15) is 0 Å². The lowest BCUT2D eigenvalue weighted by Gasteiger charge is -2.19. The van der Waals surface area contributed by atoms with E-state index >= 15 is 0 Å².